The average Bonchev–Trinajstić information content (AvgIpc) is 2.32. The molecule has 0 aliphatic rings. The van der Waals surface area contributed by atoms with E-state index in [1.165, 1.54) is 28.4 Å². The van der Waals surface area contributed by atoms with E-state index in [1.807, 2.05) is 0 Å². The molecule has 0 atom stereocenters. The fourth-order valence-corrected chi connectivity index (χ4v) is 0.793. The van der Waals surface area contributed by atoms with Crippen molar-refractivity contribution in [3.8, 4) is 0 Å². The van der Waals surface area contributed by atoms with E-state index in [9.17, 15) is 9.59 Å². The Balaban J connectivity index is 5.04. The number of rotatable bonds is 5. The van der Waals surface area contributed by atoms with Crippen molar-refractivity contribution in [3.05, 3.63) is 23.7 Å². The van der Waals surface area contributed by atoms with Crippen LogP contribution in [-0.4, -0.2) is 40.4 Å². The molecule has 0 fully saturated rings. The first kappa shape index (κ1) is 14.0. The predicted molar refractivity (Wildman–Crippen MR) is 54.2 cm³/mol. The van der Waals surface area contributed by atoms with Crippen LogP contribution in [0.4, 0.5) is 0 Å². The molecule has 0 bridgehead atoms. The first-order valence-electron chi connectivity index (χ1n) is 4.26. The number of methoxy groups -OCH3 is 4. The Morgan fingerprint density at radius 3 is 1.19 bits per heavy atom. The second-order valence-corrected chi connectivity index (χ2v) is 2.47. The number of carbonyl (C=O) groups is 2. The van der Waals surface area contributed by atoms with Crippen LogP contribution in [0.1, 0.15) is 0 Å². The highest BCUT2D eigenvalue weighted by atomic mass is 16.5. The molecule has 0 aromatic carbocycles. The summed E-state index contributed by atoms with van der Waals surface area (Å²) in [5, 5.41) is 0. The smallest absolute Gasteiger partial charge is 0.334 e. The molecular formula is C10H14O6. The van der Waals surface area contributed by atoms with Gasteiger partial charge in [-0.1, -0.05) is 0 Å². The zero-order chi connectivity index (χ0) is 12.6. The standard InChI is InChI=1S/C10H14O6/c1-13-7(5-9(11)15-3)8(14-2)6-10(12)16-4/h5-6H,1-4H3/b7-5-,8-6-. The monoisotopic (exact) mass is 230 g/mol. The van der Waals surface area contributed by atoms with E-state index in [2.05, 4.69) is 9.47 Å². The molecule has 0 aromatic rings. The topological polar surface area (TPSA) is 71.1 Å². The van der Waals surface area contributed by atoms with Crippen molar-refractivity contribution in [1.82, 2.24) is 0 Å². The van der Waals surface area contributed by atoms with Gasteiger partial charge in [-0.2, -0.15) is 0 Å². The van der Waals surface area contributed by atoms with E-state index in [1.54, 1.807) is 0 Å². The molecule has 90 valence electrons. The summed E-state index contributed by atoms with van der Waals surface area (Å²) in [4.78, 5) is 22.0. The lowest BCUT2D eigenvalue weighted by Gasteiger charge is -2.08. The van der Waals surface area contributed by atoms with Crippen LogP contribution in [-0.2, 0) is 28.5 Å². The van der Waals surface area contributed by atoms with Crippen LogP contribution in [0, 0.1) is 0 Å². The zero-order valence-corrected chi connectivity index (χ0v) is 9.60. The normalized spacial score (nSPS) is 11.8. The van der Waals surface area contributed by atoms with E-state index in [0.29, 0.717) is 0 Å². The summed E-state index contributed by atoms with van der Waals surface area (Å²) in [7, 11) is 5.11. The molecule has 0 aliphatic heterocycles. The van der Waals surface area contributed by atoms with Gasteiger partial charge in [-0.15, -0.1) is 0 Å². The number of hydrogen-bond acceptors (Lipinski definition) is 6. The van der Waals surface area contributed by atoms with Gasteiger partial charge >= 0.3 is 11.9 Å². The fraction of sp³-hybridized carbons (Fsp3) is 0.400. The maximum atomic E-state index is 11.0. The van der Waals surface area contributed by atoms with Crippen LogP contribution in [0.25, 0.3) is 0 Å². The SMILES string of the molecule is COC(=O)/C=C(OC)/C(=C/C(=O)OC)OC. The third-order valence-electron chi connectivity index (χ3n) is 1.58. The molecule has 0 saturated heterocycles. The third kappa shape index (κ3) is 4.50. The lowest BCUT2D eigenvalue weighted by molar-refractivity contribution is -0.136. The van der Waals surface area contributed by atoms with E-state index in [4.69, 9.17) is 9.47 Å². The van der Waals surface area contributed by atoms with E-state index >= 15 is 0 Å². The van der Waals surface area contributed by atoms with Gasteiger partial charge in [-0.05, 0) is 0 Å². The van der Waals surface area contributed by atoms with Crippen molar-refractivity contribution in [1.29, 1.82) is 0 Å². The van der Waals surface area contributed by atoms with Gasteiger partial charge in [0.1, 0.15) is 0 Å². The molecule has 0 aromatic heterocycles. The van der Waals surface area contributed by atoms with Crippen LogP contribution in [0.2, 0.25) is 0 Å². The summed E-state index contributed by atoms with van der Waals surface area (Å²) in [5.41, 5.74) is 0. The van der Waals surface area contributed by atoms with Gasteiger partial charge in [0.15, 0.2) is 11.5 Å². The Labute approximate surface area is 93.4 Å². The van der Waals surface area contributed by atoms with Crippen molar-refractivity contribution >= 4 is 11.9 Å². The molecule has 0 unspecified atom stereocenters. The summed E-state index contributed by atoms with van der Waals surface area (Å²) < 4.78 is 18.6. The molecule has 16 heavy (non-hydrogen) atoms. The number of esters is 2. The van der Waals surface area contributed by atoms with Gasteiger partial charge in [-0.3, -0.25) is 0 Å². The molecule has 0 N–H and O–H groups in total. The quantitative estimate of drug-likeness (QED) is 0.294. The zero-order valence-electron chi connectivity index (χ0n) is 9.60. The van der Waals surface area contributed by atoms with Crippen molar-refractivity contribution in [2.75, 3.05) is 28.4 Å². The van der Waals surface area contributed by atoms with Gasteiger partial charge in [0.05, 0.1) is 40.6 Å². The van der Waals surface area contributed by atoms with Crippen LogP contribution in [0.5, 0.6) is 0 Å². The Morgan fingerprint density at radius 1 is 0.688 bits per heavy atom. The maximum Gasteiger partial charge on any atom is 0.334 e. The second-order valence-electron chi connectivity index (χ2n) is 2.47. The summed E-state index contributed by atoms with van der Waals surface area (Å²) in [6, 6.07) is 0. The van der Waals surface area contributed by atoms with Gasteiger partial charge in [0.25, 0.3) is 0 Å². The summed E-state index contributed by atoms with van der Waals surface area (Å²) in [6.07, 6.45) is 2.11. The minimum atomic E-state index is -0.621. The summed E-state index contributed by atoms with van der Waals surface area (Å²) >= 11 is 0. The molecule has 0 amide bonds. The lowest BCUT2D eigenvalue weighted by Crippen LogP contribution is -2.05. The van der Waals surface area contributed by atoms with Crippen molar-refractivity contribution in [2.24, 2.45) is 0 Å². The molecular weight excluding hydrogens is 216 g/mol. The van der Waals surface area contributed by atoms with Crippen LogP contribution in [0.3, 0.4) is 0 Å². The minimum Gasteiger partial charge on any atom is -0.493 e. The van der Waals surface area contributed by atoms with Crippen molar-refractivity contribution < 1.29 is 28.5 Å². The largest absolute Gasteiger partial charge is 0.493 e. The Hall–Kier alpha value is -1.98. The molecule has 6 heteroatoms. The van der Waals surface area contributed by atoms with Crippen LogP contribution < -0.4 is 0 Å². The molecule has 0 aliphatic carbocycles. The molecule has 0 heterocycles. The van der Waals surface area contributed by atoms with E-state index in [0.717, 1.165) is 12.2 Å². The number of ether oxygens (including phenoxy) is 4. The van der Waals surface area contributed by atoms with Gasteiger partial charge < -0.3 is 18.9 Å². The van der Waals surface area contributed by atoms with Crippen LogP contribution in [0.15, 0.2) is 23.7 Å². The third-order valence-corrected chi connectivity index (χ3v) is 1.58. The van der Waals surface area contributed by atoms with Gasteiger partial charge in [0.2, 0.25) is 0 Å². The average molecular weight is 230 g/mol. The van der Waals surface area contributed by atoms with Gasteiger partial charge in [-0.25, -0.2) is 9.59 Å². The Morgan fingerprint density at radius 2 is 1.00 bits per heavy atom. The summed E-state index contributed by atoms with van der Waals surface area (Å²) in [5.74, 6) is -1.10. The molecule has 6 nitrogen and oxygen atoms in total. The summed E-state index contributed by atoms with van der Waals surface area (Å²) in [6.45, 7) is 0. The first-order valence-corrected chi connectivity index (χ1v) is 4.26. The maximum absolute atomic E-state index is 11.0. The first-order chi connectivity index (χ1) is 7.58. The highest BCUT2D eigenvalue weighted by Crippen LogP contribution is 2.11. The molecule has 0 radical (unpaired) electrons. The fourth-order valence-electron chi connectivity index (χ4n) is 0.793. The molecule has 0 rings (SSSR count). The van der Waals surface area contributed by atoms with Gasteiger partial charge in [0, 0.05) is 0 Å². The lowest BCUT2D eigenvalue weighted by atomic mass is 10.3. The number of hydrogen-bond donors (Lipinski definition) is 0. The Bertz CT molecular complexity index is 283. The highest BCUT2D eigenvalue weighted by molar-refractivity contribution is 5.85. The molecule has 0 saturated carbocycles. The van der Waals surface area contributed by atoms with E-state index < -0.39 is 11.9 Å². The minimum absolute atomic E-state index is 0.0692. The highest BCUT2D eigenvalue weighted by Gasteiger charge is 2.11. The van der Waals surface area contributed by atoms with Crippen LogP contribution >= 0.6 is 0 Å². The number of carbonyl (C=O) groups excluding carboxylic acids is 2. The Kier molecular flexibility index (Phi) is 6.42. The second kappa shape index (κ2) is 7.33. The van der Waals surface area contributed by atoms with Crippen molar-refractivity contribution in [2.45, 2.75) is 0 Å². The van der Waals surface area contributed by atoms with Crippen molar-refractivity contribution in [3.63, 3.8) is 0 Å². The molecule has 0 spiro atoms. The predicted octanol–water partition coefficient (Wildman–Crippen LogP) is 0.393. The van der Waals surface area contributed by atoms with E-state index in [-0.39, 0.29) is 11.5 Å².